The highest BCUT2D eigenvalue weighted by Gasteiger charge is 2.18. The topological polar surface area (TPSA) is 81.5 Å². The molecule has 5 heteroatoms. The smallest absolute Gasteiger partial charge is 0.230 e. The maximum absolute atomic E-state index is 10.1. The number of anilines is 1. The number of phenolic OH excluding ortho intramolecular Hbond substituents is 1. The van der Waals surface area contributed by atoms with Crippen molar-refractivity contribution < 1.29 is 14.4 Å². The molecular formula is C12H14N2O3. The predicted octanol–water partition coefficient (Wildman–Crippen LogP) is 2.20. The van der Waals surface area contributed by atoms with Gasteiger partial charge in [-0.25, -0.2) is 0 Å². The van der Waals surface area contributed by atoms with Crippen molar-refractivity contribution in [3.05, 3.63) is 23.9 Å². The number of nitrogens with two attached hydrogens (primary N) is 1. The molecule has 17 heavy (non-hydrogen) atoms. The van der Waals surface area contributed by atoms with Crippen LogP contribution in [0.3, 0.4) is 0 Å². The molecule has 0 fully saturated rings. The van der Waals surface area contributed by atoms with Crippen LogP contribution in [0.25, 0.3) is 11.1 Å². The average molecular weight is 234 g/mol. The molecule has 3 N–H and O–H groups in total. The van der Waals surface area contributed by atoms with Gasteiger partial charge in [0.25, 0.3) is 0 Å². The van der Waals surface area contributed by atoms with Crippen molar-refractivity contribution in [3.63, 3.8) is 0 Å². The highest BCUT2D eigenvalue weighted by atomic mass is 16.5. The molecule has 5 nitrogen and oxygen atoms in total. The highest BCUT2D eigenvalue weighted by molar-refractivity contribution is 5.81. The van der Waals surface area contributed by atoms with Gasteiger partial charge in [0.1, 0.15) is 0 Å². The highest BCUT2D eigenvalue weighted by Crippen LogP contribution is 2.41. The summed E-state index contributed by atoms with van der Waals surface area (Å²) in [5.74, 6) is 0.641. The van der Waals surface area contributed by atoms with Crippen molar-refractivity contribution in [1.29, 1.82) is 0 Å². The quantitative estimate of drug-likeness (QED) is 0.850. The van der Waals surface area contributed by atoms with Gasteiger partial charge in [-0.15, -0.1) is 0 Å². The van der Waals surface area contributed by atoms with Crippen molar-refractivity contribution >= 4 is 5.88 Å². The van der Waals surface area contributed by atoms with Gasteiger partial charge < -0.3 is 20.1 Å². The summed E-state index contributed by atoms with van der Waals surface area (Å²) in [6.07, 6.45) is 2.25. The molecular weight excluding hydrogens is 220 g/mol. The Labute approximate surface area is 98.8 Å². The minimum absolute atomic E-state index is 0.0572. The Bertz CT molecular complexity index is 535. The van der Waals surface area contributed by atoms with Crippen molar-refractivity contribution in [3.8, 4) is 22.6 Å². The summed E-state index contributed by atoms with van der Waals surface area (Å²) in [4.78, 5) is 0. The van der Waals surface area contributed by atoms with Crippen molar-refractivity contribution in [2.75, 3.05) is 12.8 Å². The molecule has 2 aromatic rings. The van der Waals surface area contributed by atoms with Gasteiger partial charge in [-0.1, -0.05) is 18.1 Å². The van der Waals surface area contributed by atoms with E-state index in [0.717, 1.165) is 12.0 Å². The molecule has 0 radical (unpaired) electrons. The van der Waals surface area contributed by atoms with E-state index in [1.807, 2.05) is 13.0 Å². The van der Waals surface area contributed by atoms with Gasteiger partial charge in [-0.05, 0) is 18.1 Å². The Morgan fingerprint density at radius 1 is 1.47 bits per heavy atom. The maximum Gasteiger partial charge on any atom is 0.230 e. The molecule has 0 atom stereocenters. The molecule has 0 unspecified atom stereocenters. The Morgan fingerprint density at radius 3 is 2.76 bits per heavy atom. The molecule has 1 heterocycles. The number of methoxy groups -OCH3 is 1. The third-order valence-corrected chi connectivity index (χ3v) is 2.70. The lowest BCUT2D eigenvalue weighted by atomic mass is 9.98. The molecule has 0 amide bonds. The van der Waals surface area contributed by atoms with Gasteiger partial charge in [-0.2, -0.15) is 0 Å². The van der Waals surface area contributed by atoms with E-state index in [2.05, 4.69) is 5.16 Å². The van der Waals surface area contributed by atoms with Crippen molar-refractivity contribution in [2.24, 2.45) is 0 Å². The van der Waals surface area contributed by atoms with Crippen LogP contribution in [0.5, 0.6) is 11.5 Å². The minimum atomic E-state index is 0.0572. The largest absolute Gasteiger partial charge is 0.504 e. The number of aromatic hydroxyl groups is 1. The van der Waals surface area contributed by atoms with Crippen LogP contribution in [-0.2, 0) is 6.42 Å². The standard InChI is InChI=1S/C12H14N2O3/c1-3-7-4-5-9(16-2)11(15)10(7)8-6-14-17-12(8)13/h4-6,15H,3,13H2,1-2H3. The molecule has 2 rings (SSSR count). The maximum atomic E-state index is 10.1. The predicted molar refractivity (Wildman–Crippen MR) is 63.9 cm³/mol. The first-order chi connectivity index (χ1) is 8.19. The Kier molecular flexibility index (Phi) is 2.91. The fourth-order valence-electron chi connectivity index (χ4n) is 1.81. The number of phenols is 1. The molecule has 0 aliphatic heterocycles. The Morgan fingerprint density at radius 2 is 2.24 bits per heavy atom. The second-order valence-corrected chi connectivity index (χ2v) is 3.61. The first-order valence-electron chi connectivity index (χ1n) is 5.28. The van der Waals surface area contributed by atoms with Gasteiger partial charge >= 0.3 is 0 Å². The lowest BCUT2D eigenvalue weighted by molar-refractivity contribution is 0.374. The van der Waals surface area contributed by atoms with Gasteiger partial charge in [-0.3, -0.25) is 0 Å². The van der Waals surface area contributed by atoms with Crippen LogP contribution in [-0.4, -0.2) is 17.4 Å². The van der Waals surface area contributed by atoms with Gasteiger partial charge in [0.15, 0.2) is 11.5 Å². The summed E-state index contributed by atoms with van der Waals surface area (Å²) < 4.78 is 9.90. The van der Waals surface area contributed by atoms with E-state index < -0.39 is 0 Å². The molecule has 0 spiro atoms. The van der Waals surface area contributed by atoms with E-state index in [-0.39, 0.29) is 11.6 Å². The third-order valence-electron chi connectivity index (χ3n) is 2.70. The molecule has 1 aromatic carbocycles. The summed E-state index contributed by atoms with van der Waals surface area (Å²) in [6.45, 7) is 1.99. The van der Waals surface area contributed by atoms with Crippen LogP contribution in [0.4, 0.5) is 5.88 Å². The first-order valence-corrected chi connectivity index (χ1v) is 5.28. The number of rotatable bonds is 3. The van der Waals surface area contributed by atoms with Gasteiger partial charge in [0.05, 0.1) is 18.9 Å². The zero-order valence-electron chi connectivity index (χ0n) is 9.73. The average Bonchev–Trinajstić information content (AvgIpc) is 2.75. The number of aryl methyl sites for hydroxylation is 1. The van der Waals surface area contributed by atoms with Crippen LogP contribution in [0, 0.1) is 0 Å². The molecule has 0 aliphatic carbocycles. The van der Waals surface area contributed by atoms with Gasteiger partial charge in [0, 0.05) is 5.56 Å². The summed E-state index contributed by atoms with van der Waals surface area (Å²) in [5.41, 5.74) is 7.83. The SMILES string of the molecule is CCc1ccc(OC)c(O)c1-c1cnoc1N. The number of nitrogens with zero attached hydrogens (tertiary/aromatic N) is 1. The molecule has 90 valence electrons. The van der Waals surface area contributed by atoms with E-state index in [1.165, 1.54) is 13.3 Å². The minimum Gasteiger partial charge on any atom is -0.504 e. The zero-order valence-corrected chi connectivity index (χ0v) is 9.73. The fraction of sp³-hybridized carbons (Fsp3) is 0.250. The van der Waals surface area contributed by atoms with Crippen LogP contribution in [0.2, 0.25) is 0 Å². The number of benzene rings is 1. The van der Waals surface area contributed by atoms with Crippen LogP contribution in [0.1, 0.15) is 12.5 Å². The molecule has 0 aliphatic rings. The van der Waals surface area contributed by atoms with E-state index in [4.69, 9.17) is 15.0 Å². The first kappa shape index (κ1) is 11.3. The van der Waals surface area contributed by atoms with E-state index in [1.54, 1.807) is 6.07 Å². The normalized spacial score (nSPS) is 10.5. The molecule has 1 aromatic heterocycles. The molecule has 0 bridgehead atoms. The van der Waals surface area contributed by atoms with Crippen molar-refractivity contribution in [2.45, 2.75) is 13.3 Å². The molecule has 0 saturated carbocycles. The molecule has 0 saturated heterocycles. The Hall–Kier alpha value is -2.17. The van der Waals surface area contributed by atoms with E-state index >= 15 is 0 Å². The second kappa shape index (κ2) is 4.37. The summed E-state index contributed by atoms with van der Waals surface area (Å²) in [6, 6.07) is 3.61. The number of nitrogen functional groups attached to an aromatic ring is 1. The number of hydrogen-bond acceptors (Lipinski definition) is 5. The van der Waals surface area contributed by atoms with Crippen molar-refractivity contribution in [1.82, 2.24) is 5.16 Å². The number of aromatic nitrogens is 1. The number of ether oxygens (including phenoxy) is 1. The fourth-order valence-corrected chi connectivity index (χ4v) is 1.81. The zero-order chi connectivity index (χ0) is 12.4. The third kappa shape index (κ3) is 1.80. The Balaban J connectivity index is 2.70. The summed E-state index contributed by atoms with van der Waals surface area (Å²) in [7, 11) is 1.50. The lowest BCUT2D eigenvalue weighted by Crippen LogP contribution is -1.93. The number of hydrogen-bond donors (Lipinski definition) is 2. The van der Waals surface area contributed by atoms with E-state index in [0.29, 0.717) is 16.9 Å². The van der Waals surface area contributed by atoms with Crippen LogP contribution < -0.4 is 10.5 Å². The monoisotopic (exact) mass is 234 g/mol. The summed E-state index contributed by atoms with van der Waals surface area (Å²) >= 11 is 0. The van der Waals surface area contributed by atoms with Gasteiger partial charge in [0.2, 0.25) is 5.88 Å². The van der Waals surface area contributed by atoms with E-state index in [9.17, 15) is 5.11 Å². The van der Waals surface area contributed by atoms with Crippen LogP contribution in [0.15, 0.2) is 22.9 Å². The summed E-state index contributed by atoms with van der Waals surface area (Å²) in [5, 5.41) is 13.8. The lowest BCUT2D eigenvalue weighted by Gasteiger charge is -2.12. The second-order valence-electron chi connectivity index (χ2n) is 3.61. The van der Waals surface area contributed by atoms with Crippen LogP contribution >= 0.6 is 0 Å².